The van der Waals surface area contributed by atoms with Crippen LogP contribution in [-0.4, -0.2) is 98.4 Å². The van der Waals surface area contributed by atoms with Crippen molar-refractivity contribution in [3.05, 3.63) is 41.0 Å². The monoisotopic (exact) mass is 576 g/mol. The lowest BCUT2D eigenvalue weighted by Gasteiger charge is -2.44. The Bertz CT molecular complexity index is 1290. The molecule has 0 spiro atoms. The van der Waals surface area contributed by atoms with Gasteiger partial charge in [0.15, 0.2) is 29.3 Å². The van der Waals surface area contributed by atoms with Crippen molar-refractivity contribution in [2.75, 3.05) is 41.3 Å². The molecule has 2 saturated heterocycles. The van der Waals surface area contributed by atoms with Crippen LogP contribution in [0.3, 0.4) is 0 Å². The van der Waals surface area contributed by atoms with E-state index in [-0.39, 0.29) is 13.4 Å². The van der Waals surface area contributed by atoms with E-state index >= 15 is 0 Å². The molecular formula is C28H32O13. The van der Waals surface area contributed by atoms with Gasteiger partial charge in [0.05, 0.1) is 46.6 Å². The van der Waals surface area contributed by atoms with E-state index in [1.54, 1.807) is 24.3 Å². The van der Waals surface area contributed by atoms with Crippen LogP contribution in [0, 0.1) is 11.8 Å². The van der Waals surface area contributed by atoms with Crippen molar-refractivity contribution < 1.29 is 63.1 Å². The first-order chi connectivity index (χ1) is 19.8. The number of rotatable bonds is 7. The minimum Gasteiger partial charge on any atom is -0.493 e. The zero-order chi connectivity index (χ0) is 29.0. The summed E-state index contributed by atoms with van der Waals surface area (Å²) in [6.45, 7) is -0.581. The molecule has 6 rings (SSSR count). The topological polar surface area (TPSA) is 172 Å². The number of ether oxygens (including phenoxy) is 8. The first-order valence-electron chi connectivity index (χ1n) is 13.2. The number of aliphatic hydroxyl groups excluding tert-OH is 4. The zero-order valence-electron chi connectivity index (χ0n) is 22.6. The van der Waals surface area contributed by atoms with Gasteiger partial charge in [-0.2, -0.15) is 0 Å². The Balaban J connectivity index is 1.49. The number of methoxy groups -OCH3 is 3. The second kappa shape index (κ2) is 10.8. The fourth-order valence-electron chi connectivity index (χ4n) is 6.29. The molecule has 0 amide bonds. The van der Waals surface area contributed by atoms with Crippen LogP contribution in [0.4, 0.5) is 0 Å². The number of hydrogen-bond donors (Lipinski definition) is 4. The largest absolute Gasteiger partial charge is 0.493 e. The Kier molecular flexibility index (Phi) is 7.34. The first kappa shape index (κ1) is 27.8. The van der Waals surface area contributed by atoms with Crippen molar-refractivity contribution in [3.8, 4) is 28.7 Å². The smallest absolute Gasteiger partial charge is 0.310 e. The molecule has 13 nitrogen and oxygen atoms in total. The van der Waals surface area contributed by atoms with Crippen LogP contribution >= 0.6 is 0 Å². The van der Waals surface area contributed by atoms with Gasteiger partial charge in [-0.05, 0) is 41.0 Å². The third-order valence-corrected chi connectivity index (χ3v) is 8.29. The molecule has 4 N–H and O–H groups in total. The van der Waals surface area contributed by atoms with Gasteiger partial charge in [0.2, 0.25) is 12.5 Å². The summed E-state index contributed by atoms with van der Waals surface area (Å²) in [7, 11) is 4.51. The molecule has 4 unspecified atom stereocenters. The summed E-state index contributed by atoms with van der Waals surface area (Å²) in [6.07, 6.45) is -8.26. The zero-order valence-corrected chi connectivity index (χ0v) is 22.6. The average Bonchev–Trinajstić information content (AvgIpc) is 3.61. The van der Waals surface area contributed by atoms with Crippen molar-refractivity contribution in [1.29, 1.82) is 0 Å². The second-order valence-corrected chi connectivity index (χ2v) is 10.3. The highest BCUT2D eigenvalue weighted by Gasteiger charge is 2.55. The maximum atomic E-state index is 13.4. The third kappa shape index (κ3) is 4.44. The molecule has 2 aromatic carbocycles. The number of carbonyl (C=O) groups excluding carboxylic acids is 1. The summed E-state index contributed by atoms with van der Waals surface area (Å²) in [5, 5.41) is 41.0. The van der Waals surface area contributed by atoms with Crippen LogP contribution in [0.5, 0.6) is 28.7 Å². The number of aliphatic hydroxyl groups is 4. The van der Waals surface area contributed by atoms with Gasteiger partial charge in [0, 0.05) is 11.8 Å². The van der Waals surface area contributed by atoms with Gasteiger partial charge >= 0.3 is 5.97 Å². The van der Waals surface area contributed by atoms with Crippen molar-refractivity contribution in [2.45, 2.75) is 42.7 Å². The summed E-state index contributed by atoms with van der Waals surface area (Å²) in [5.74, 6) is -0.112. The Labute approximate surface area is 235 Å². The van der Waals surface area contributed by atoms with Gasteiger partial charge in [0.25, 0.3) is 0 Å². The number of benzene rings is 2. The Morgan fingerprint density at radius 1 is 0.854 bits per heavy atom. The van der Waals surface area contributed by atoms with Crippen molar-refractivity contribution >= 4 is 5.97 Å². The number of hydrogen-bond acceptors (Lipinski definition) is 13. The van der Waals surface area contributed by atoms with Crippen LogP contribution in [0.25, 0.3) is 0 Å². The summed E-state index contributed by atoms with van der Waals surface area (Å²) in [6, 6.07) is 7.11. The Morgan fingerprint density at radius 2 is 1.51 bits per heavy atom. The SMILES string of the molecule is COc1cc(C2c3cc4c(cc3C(O[C@@H]3O[C@H](CO)[C@@H](O)[C@H](O)[C@H]3O)C3COC(=O)C23)OCO4)cc(OC)c1OC. The van der Waals surface area contributed by atoms with Gasteiger partial charge in [-0.3, -0.25) is 4.79 Å². The molecule has 9 atom stereocenters. The van der Waals surface area contributed by atoms with Crippen molar-refractivity contribution in [2.24, 2.45) is 11.8 Å². The molecule has 2 aromatic rings. The van der Waals surface area contributed by atoms with Gasteiger partial charge < -0.3 is 58.3 Å². The molecule has 41 heavy (non-hydrogen) atoms. The summed E-state index contributed by atoms with van der Waals surface area (Å²) in [5.41, 5.74) is 2.00. The van der Waals surface area contributed by atoms with E-state index in [1.165, 1.54) is 21.3 Å². The predicted octanol–water partition coefficient (Wildman–Crippen LogP) is 0.233. The molecule has 0 bridgehead atoms. The van der Waals surface area contributed by atoms with Crippen LogP contribution < -0.4 is 23.7 Å². The van der Waals surface area contributed by atoms with E-state index in [1.807, 2.05) is 0 Å². The minimum absolute atomic E-state index is 0.0141. The lowest BCUT2D eigenvalue weighted by atomic mass is 9.66. The molecule has 3 aliphatic heterocycles. The quantitative estimate of drug-likeness (QED) is 0.331. The molecule has 0 aromatic heterocycles. The van der Waals surface area contributed by atoms with Gasteiger partial charge in [-0.15, -0.1) is 0 Å². The summed E-state index contributed by atoms with van der Waals surface area (Å²) >= 11 is 0. The number of carbonyl (C=O) groups is 1. The van der Waals surface area contributed by atoms with Crippen LogP contribution in [0.2, 0.25) is 0 Å². The fourth-order valence-corrected chi connectivity index (χ4v) is 6.29. The average molecular weight is 577 g/mol. The molecule has 4 aliphatic rings. The molecule has 1 aliphatic carbocycles. The molecule has 0 saturated carbocycles. The Morgan fingerprint density at radius 3 is 2.12 bits per heavy atom. The van der Waals surface area contributed by atoms with Crippen molar-refractivity contribution in [3.63, 3.8) is 0 Å². The van der Waals surface area contributed by atoms with Gasteiger partial charge in [0.1, 0.15) is 24.4 Å². The van der Waals surface area contributed by atoms with Crippen LogP contribution in [0.1, 0.15) is 28.7 Å². The third-order valence-electron chi connectivity index (χ3n) is 8.29. The molecule has 3 heterocycles. The normalized spacial score (nSPS) is 33.5. The van der Waals surface area contributed by atoms with E-state index in [0.29, 0.717) is 45.4 Å². The van der Waals surface area contributed by atoms with Crippen LogP contribution in [0.15, 0.2) is 24.3 Å². The van der Waals surface area contributed by atoms with E-state index in [2.05, 4.69) is 0 Å². The highest BCUT2D eigenvalue weighted by molar-refractivity contribution is 5.79. The minimum atomic E-state index is -1.63. The number of cyclic esters (lactones) is 1. The fraction of sp³-hybridized carbons (Fsp3) is 0.536. The Hall–Kier alpha value is -3.33. The second-order valence-electron chi connectivity index (χ2n) is 10.3. The molecule has 222 valence electrons. The molecular weight excluding hydrogens is 544 g/mol. The molecule has 0 radical (unpaired) electrons. The molecule has 13 heteroatoms. The number of esters is 1. The van der Waals surface area contributed by atoms with E-state index < -0.39 is 67.1 Å². The summed E-state index contributed by atoms with van der Waals surface area (Å²) in [4.78, 5) is 13.4. The highest BCUT2D eigenvalue weighted by atomic mass is 16.7. The standard InChI is InChI=1S/C28H32O13/c1-34-17-4-11(5-18(35-2)26(17)36-3)20-12-6-15-16(39-10-38-15)7-13(12)25(14-9-37-27(33)21(14)20)41-28-24(32)23(31)22(30)19(8-29)40-28/h4-7,14,19-25,28-32H,8-10H2,1-3H3/t14?,19-,20?,21?,22-,23+,24-,25?,28+/m1/s1. The van der Waals surface area contributed by atoms with E-state index in [4.69, 9.17) is 37.9 Å². The van der Waals surface area contributed by atoms with Crippen LogP contribution in [-0.2, 0) is 19.0 Å². The first-order valence-corrected chi connectivity index (χ1v) is 13.2. The van der Waals surface area contributed by atoms with Gasteiger partial charge in [-0.25, -0.2) is 0 Å². The predicted molar refractivity (Wildman–Crippen MR) is 136 cm³/mol. The number of fused-ring (bicyclic) bond motifs is 3. The van der Waals surface area contributed by atoms with E-state index in [9.17, 15) is 25.2 Å². The lowest BCUT2D eigenvalue weighted by molar-refractivity contribution is -0.317. The molecule has 2 fully saturated rings. The maximum Gasteiger partial charge on any atom is 0.310 e. The van der Waals surface area contributed by atoms with Crippen molar-refractivity contribution in [1.82, 2.24) is 0 Å². The highest BCUT2D eigenvalue weighted by Crippen LogP contribution is 2.57. The van der Waals surface area contributed by atoms with Gasteiger partial charge in [-0.1, -0.05) is 0 Å². The maximum absolute atomic E-state index is 13.4. The lowest BCUT2D eigenvalue weighted by Crippen LogP contribution is -2.59. The van der Waals surface area contributed by atoms with E-state index in [0.717, 1.165) is 0 Å². The summed E-state index contributed by atoms with van der Waals surface area (Å²) < 4.78 is 45.5.